The number of nitrogens with zero attached hydrogens (tertiary/aromatic N) is 3. The molecule has 1 aliphatic heterocycles. The van der Waals surface area contributed by atoms with Gasteiger partial charge >= 0.3 is 0 Å². The van der Waals surface area contributed by atoms with Crippen LogP contribution in [0, 0.1) is 11.3 Å². The van der Waals surface area contributed by atoms with E-state index in [1.165, 1.54) is 11.3 Å². The van der Waals surface area contributed by atoms with Crippen molar-refractivity contribution >= 4 is 17.3 Å². The Morgan fingerprint density at radius 3 is 2.33 bits per heavy atom. The molecule has 1 saturated heterocycles. The van der Waals surface area contributed by atoms with E-state index in [4.69, 9.17) is 5.26 Å². The van der Waals surface area contributed by atoms with Crippen molar-refractivity contribution in [3.8, 4) is 6.07 Å². The minimum Gasteiger partial charge on any atom is -0.369 e. The highest BCUT2D eigenvalue weighted by atomic mass is 16.1. The number of anilines is 2. The maximum absolute atomic E-state index is 12.4. The van der Waals surface area contributed by atoms with E-state index in [1.54, 1.807) is 24.3 Å². The van der Waals surface area contributed by atoms with Crippen molar-refractivity contribution in [2.24, 2.45) is 0 Å². The van der Waals surface area contributed by atoms with Crippen molar-refractivity contribution in [3.63, 3.8) is 0 Å². The Morgan fingerprint density at radius 2 is 1.63 bits per heavy atom. The SMILES string of the molecule is N#Cc1cccc(C(=O)Nc2ccc(N3CCN(Cc4ccccc4)CC3)cc2)c1. The van der Waals surface area contributed by atoms with Gasteiger partial charge in [-0.15, -0.1) is 0 Å². The van der Waals surface area contributed by atoms with Gasteiger partial charge in [-0.2, -0.15) is 5.26 Å². The number of hydrogen-bond donors (Lipinski definition) is 1. The zero-order chi connectivity index (χ0) is 20.8. The van der Waals surface area contributed by atoms with Gasteiger partial charge in [0.25, 0.3) is 5.91 Å². The molecule has 0 aromatic heterocycles. The van der Waals surface area contributed by atoms with Crippen molar-refractivity contribution in [2.75, 3.05) is 36.4 Å². The molecular formula is C25H24N4O. The summed E-state index contributed by atoms with van der Waals surface area (Å²) in [5.74, 6) is -0.214. The van der Waals surface area contributed by atoms with Crippen LogP contribution >= 0.6 is 0 Å². The maximum atomic E-state index is 12.4. The van der Waals surface area contributed by atoms with Crippen LogP contribution in [0.3, 0.4) is 0 Å². The van der Waals surface area contributed by atoms with Gasteiger partial charge in [-0.25, -0.2) is 0 Å². The van der Waals surface area contributed by atoms with E-state index in [-0.39, 0.29) is 5.91 Å². The molecule has 1 heterocycles. The third-order valence-corrected chi connectivity index (χ3v) is 5.37. The zero-order valence-corrected chi connectivity index (χ0v) is 16.8. The molecule has 0 aliphatic carbocycles. The first-order valence-electron chi connectivity index (χ1n) is 10.1. The van der Waals surface area contributed by atoms with Gasteiger partial charge in [0.1, 0.15) is 0 Å². The summed E-state index contributed by atoms with van der Waals surface area (Å²) < 4.78 is 0. The zero-order valence-electron chi connectivity index (χ0n) is 16.8. The van der Waals surface area contributed by atoms with E-state index in [2.05, 4.69) is 51.5 Å². The lowest BCUT2D eigenvalue weighted by atomic mass is 10.1. The number of hydrogen-bond acceptors (Lipinski definition) is 4. The number of carbonyl (C=O) groups is 1. The number of carbonyl (C=O) groups excluding carboxylic acids is 1. The van der Waals surface area contributed by atoms with Gasteiger partial charge < -0.3 is 10.2 Å². The second-order valence-electron chi connectivity index (χ2n) is 7.44. The predicted octanol–water partition coefficient (Wildman–Crippen LogP) is 4.13. The summed E-state index contributed by atoms with van der Waals surface area (Å²) in [5, 5.41) is 11.9. The van der Waals surface area contributed by atoms with E-state index >= 15 is 0 Å². The summed E-state index contributed by atoms with van der Waals surface area (Å²) >= 11 is 0. The van der Waals surface area contributed by atoms with Gasteiger partial charge in [0.05, 0.1) is 11.6 Å². The number of rotatable bonds is 5. The first kappa shape index (κ1) is 19.7. The van der Waals surface area contributed by atoms with Crippen LogP contribution in [0.1, 0.15) is 21.5 Å². The Labute approximate surface area is 177 Å². The van der Waals surface area contributed by atoms with Crippen molar-refractivity contribution in [3.05, 3.63) is 95.6 Å². The third kappa shape index (κ3) is 4.86. The highest BCUT2D eigenvalue weighted by Crippen LogP contribution is 2.21. The molecule has 0 bridgehead atoms. The lowest BCUT2D eigenvalue weighted by molar-refractivity contribution is 0.102. The number of amides is 1. The molecule has 3 aromatic carbocycles. The summed E-state index contributed by atoms with van der Waals surface area (Å²) in [7, 11) is 0. The second kappa shape index (κ2) is 9.25. The topological polar surface area (TPSA) is 59.4 Å². The molecule has 1 aliphatic rings. The fraction of sp³-hybridized carbons (Fsp3) is 0.200. The molecule has 1 N–H and O–H groups in total. The normalized spacial score (nSPS) is 14.2. The monoisotopic (exact) mass is 396 g/mol. The molecule has 0 spiro atoms. The standard InChI is InChI=1S/C25H24N4O/c26-18-21-7-4-8-22(17-21)25(30)27-23-9-11-24(12-10-23)29-15-13-28(14-16-29)19-20-5-2-1-3-6-20/h1-12,17H,13-16,19H2,(H,27,30). The van der Waals surface area contributed by atoms with Gasteiger partial charge in [-0.3, -0.25) is 9.69 Å². The largest absolute Gasteiger partial charge is 0.369 e. The van der Waals surface area contributed by atoms with Crippen LogP contribution in [0.2, 0.25) is 0 Å². The molecule has 0 atom stereocenters. The molecule has 150 valence electrons. The first-order valence-corrected chi connectivity index (χ1v) is 10.1. The van der Waals surface area contributed by atoms with E-state index in [9.17, 15) is 4.79 Å². The van der Waals surface area contributed by atoms with Crippen LogP contribution in [-0.2, 0) is 6.54 Å². The van der Waals surface area contributed by atoms with Gasteiger partial charge in [0, 0.05) is 49.7 Å². The van der Waals surface area contributed by atoms with Gasteiger partial charge in [0.2, 0.25) is 0 Å². The predicted molar refractivity (Wildman–Crippen MR) is 119 cm³/mol. The Morgan fingerprint density at radius 1 is 0.900 bits per heavy atom. The van der Waals surface area contributed by atoms with Crippen molar-refractivity contribution < 1.29 is 4.79 Å². The summed E-state index contributed by atoms with van der Waals surface area (Å²) in [6.45, 7) is 5.02. The molecule has 4 rings (SSSR count). The van der Waals surface area contributed by atoms with Crippen LogP contribution in [0.4, 0.5) is 11.4 Å². The molecule has 0 saturated carbocycles. The van der Waals surface area contributed by atoms with Crippen LogP contribution in [0.15, 0.2) is 78.9 Å². The van der Waals surface area contributed by atoms with Crippen molar-refractivity contribution in [1.82, 2.24) is 4.90 Å². The molecule has 0 unspecified atom stereocenters. The van der Waals surface area contributed by atoms with Crippen molar-refractivity contribution in [2.45, 2.75) is 6.54 Å². The minimum absolute atomic E-state index is 0.214. The first-order chi connectivity index (χ1) is 14.7. The lowest BCUT2D eigenvalue weighted by Gasteiger charge is -2.36. The van der Waals surface area contributed by atoms with Crippen LogP contribution in [0.5, 0.6) is 0 Å². The average Bonchev–Trinajstić information content (AvgIpc) is 2.81. The van der Waals surface area contributed by atoms with E-state index in [0.717, 1.165) is 38.4 Å². The van der Waals surface area contributed by atoms with Gasteiger partial charge in [0.15, 0.2) is 0 Å². The molecule has 30 heavy (non-hydrogen) atoms. The number of nitrogens with one attached hydrogen (secondary N) is 1. The molecule has 5 nitrogen and oxygen atoms in total. The number of nitriles is 1. The average molecular weight is 396 g/mol. The quantitative estimate of drug-likeness (QED) is 0.704. The lowest BCUT2D eigenvalue weighted by Crippen LogP contribution is -2.45. The summed E-state index contributed by atoms with van der Waals surface area (Å²) in [5.41, 5.74) is 4.22. The highest BCUT2D eigenvalue weighted by molar-refractivity contribution is 6.04. The fourth-order valence-corrected chi connectivity index (χ4v) is 3.69. The summed E-state index contributed by atoms with van der Waals surface area (Å²) in [6.07, 6.45) is 0. The Hall–Kier alpha value is -3.62. The molecular weight excluding hydrogens is 372 g/mol. The Bertz CT molecular complexity index is 1030. The molecule has 1 amide bonds. The Balaban J connectivity index is 1.32. The van der Waals surface area contributed by atoms with Crippen molar-refractivity contribution in [1.29, 1.82) is 5.26 Å². The maximum Gasteiger partial charge on any atom is 0.255 e. The molecule has 3 aromatic rings. The smallest absolute Gasteiger partial charge is 0.255 e. The van der Waals surface area contributed by atoms with Crippen LogP contribution in [-0.4, -0.2) is 37.0 Å². The number of piperazine rings is 1. The molecule has 1 fully saturated rings. The number of benzene rings is 3. The molecule has 5 heteroatoms. The fourth-order valence-electron chi connectivity index (χ4n) is 3.69. The van der Waals surface area contributed by atoms with Crippen LogP contribution in [0.25, 0.3) is 0 Å². The van der Waals surface area contributed by atoms with Gasteiger partial charge in [-0.05, 0) is 48.0 Å². The van der Waals surface area contributed by atoms with Crippen LogP contribution < -0.4 is 10.2 Å². The second-order valence-corrected chi connectivity index (χ2v) is 7.44. The van der Waals surface area contributed by atoms with E-state index in [0.29, 0.717) is 11.1 Å². The van der Waals surface area contributed by atoms with Gasteiger partial charge in [-0.1, -0.05) is 36.4 Å². The minimum atomic E-state index is -0.214. The third-order valence-electron chi connectivity index (χ3n) is 5.37. The highest BCUT2D eigenvalue weighted by Gasteiger charge is 2.17. The summed E-state index contributed by atoms with van der Waals surface area (Å²) in [4.78, 5) is 17.3. The van der Waals surface area contributed by atoms with E-state index < -0.39 is 0 Å². The summed E-state index contributed by atoms with van der Waals surface area (Å²) in [6, 6.07) is 27.3. The Kier molecular flexibility index (Phi) is 6.07. The molecule has 0 radical (unpaired) electrons. The van der Waals surface area contributed by atoms with E-state index in [1.807, 2.05) is 24.3 Å².